The summed E-state index contributed by atoms with van der Waals surface area (Å²) >= 11 is 0. The van der Waals surface area contributed by atoms with Crippen molar-refractivity contribution in [2.75, 3.05) is 0 Å². The molecule has 1 fully saturated rings. The number of nitrogens with one attached hydrogen (secondary N) is 1. The molecular weight excluding hydrogens is 274 g/mol. The van der Waals surface area contributed by atoms with Crippen LogP contribution in [-0.4, -0.2) is 15.1 Å². The van der Waals surface area contributed by atoms with Gasteiger partial charge in [0.15, 0.2) is 5.82 Å². The molecule has 4 rings (SSSR count). The van der Waals surface area contributed by atoms with E-state index in [0.29, 0.717) is 0 Å². The van der Waals surface area contributed by atoms with Crippen molar-refractivity contribution >= 4 is 10.9 Å². The Labute approximate surface area is 129 Å². The Morgan fingerprint density at radius 3 is 2.91 bits per heavy atom. The maximum absolute atomic E-state index is 5.46. The van der Waals surface area contributed by atoms with Crippen molar-refractivity contribution in [2.24, 2.45) is 5.92 Å². The fourth-order valence-electron chi connectivity index (χ4n) is 3.53. The number of aromatic nitrogens is 3. The quantitative estimate of drug-likeness (QED) is 0.782. The molecular formula is C18H21N3O. The van der Waals surface area contributed by atoms with E-state index in [2.05, 4.69) is 33.3 Å². The first kappa shape index (κ1) is 13.6. The Kier molecular flexibility index (Phi) is 3.67. The zero-order valence-electron chi connectivity index (χ0n) is 12.7. The van der Waals surface area contributed by atoms with Crippen molar-refractivity contribution < 1.29 is 4.52 Å². The van der Waals surface area contributed by atoms with Crippen LogP contribution in [0.1, 0.15) is 49.4 Å². The van der Waals surface area contributed by atoms with Gasteiger partial charge >= 0.3 is 0 Å². The maximum Gasteiger partial charge on any atom is 0.226 e. The van der Waals surface area contributed by atoms with Crippen LogP contribution in [0.5, 0.6) is 0 Å². The van der Waals surface area contributed by atoms with Gasteiger partial charge in [-0.25, -0.2) is 0 Å². The molecule has 2 aromatic heterocycles. The minimum Gasteiger partial charge on any atom is -0.361 e. The topological polar surface area (TPSA) is 54.7 Å². The van der Waals surface area contributed by atoms with Crippen molar-refractivity contribution in [3.05, 3.63) is 47.7 Å². The highest BCUT2D eigenvalue weighted by Crippen LogP contribution is 2.26. The minimum atomic E-state index is 0.720. The average Bonchev–Trinajstić information content (AvgIpc) is 3.17. The smallest absolute Gasteiger partial charge is 0.226 e. The van der Waals surface area contributed by atoms with Crippen molar-refractivity contribution in [2.45, 2.75) is 44.9 Å². The molecule has 0 radical (unpaired) electrons. The molecule has 0 bridgehead atoms. The van der Waals surface area contributed by atoms with Crippen LogP contribution in [0, 0.1) is 5.92 Å². The lowest BCUT2D eigenvalue weighted by Crippen LogP contribution is -2.09. The summed E-state index contributed by atoms with van der Waals surface area (Å²) in [6.45, 7) is 0. The van der Waals surface area contributed by atoms with Gasteiger partial charge in [0, 0.05) is 29.9 Å². The van der Waals surface area contributed by atoms with Crippen LogP contribution in [0.4, 0.5) is 0 Å². The lowest BCUT2D eigenvalue weighted by Gasteiger charge is -2.19. The SMILES string of the molecule is c1ccc2c(Cc3noc(CC4CCCCC4)n3)c[nH]c2c1. The molecule has 1 N–H and O–H groups in total. The summed E-state index contributed by atoms with van der Waals surface area (Å²) in [4.78, 5) is 7.89. The van der Waals surface area contributed by atoms with E-state index in [1.54, 1.807) is 0 Å². The number of para-hydroxylation sites is 1. The number of rotatable bonds is 4. The number of nitrogens with zero attached hydrogens (tertiary/aromatic N) is 2. The van der Waals surface area contributed by atoms with Gasteiger partial charge in [-0.05, 0) is 30.4 Å². The molecule has 3 aromatic rings. The van der Waals surface area contributed by atoms with Crippen LogP contribution >= 0.6 is 0 Å². The zero-order valence-corrected chi connectivity index (χ0v) is 12.7. The van der Waals surface area contributed by atoms with E-state index in [4.69, 9.17) is 4.52 Å². The van der Waals surface area contributed by atoms with Crippen LogP contribution in [0.2, 0.25) is 0 Å². The van der Waals surface area contributed by atoms with E-state index in [0.717, 1.165) is 36.0 Å². The second-order valence-corrected chi connectivity index (χ2v) is 6.35. The van der Waals surface area contributed by atoms with Crippen molar-refractivity contribution in [3.8, 4) is 0 Å². The van der Waals surface area contributed by atoms with E-state index >= 15 is 0 Å². The summed E-state index contributed by atoms with van der Waals surface area (Å²) in [6, 6.07) is 8.32. The number of hydrogen-bond acceptors (Lipinski definition) is 3. The molecule has 0 aliphatic heterocycles. The van der Waals surface area contributed by atoms with E-state index in [-0.39, 0.29) is 0 Å². The number of benzene rings is 1. The predicted molar refractivity (Wildman–Crippen MR) is 85.7 cm³/mol. The van der Waals surface area contributed by atoms with Gasteiger partial charge in [-0.2, -0.15) is 4.98 Å². The van der Waals surface area contributed by atoms with Crippen molar-refractivity contribution in [3.63, 3.8) is 0 Å². The molecule has 4 heteroatoms. The normalized spacial score (nSPS) is 16.4. The highest BCUT2D eigenvalue weighted by atomic mass is 16.5. The van der Waals surface area contributed by atoms with Crippen LogP contribution in [0.3, 0.4) is 0 Å². The molecule has 1 aliphatic rings. The summed E-state index contributed by atoms with van der Waals surface area (Å²) in [7, 11) is 0. The average molecular weight is 295 g/mol. The van der Waals surface area contributed by atoms with Gasteiger partial charge < -0.3 is 9.51 Å². The molecule has 2 heterocycles. The van der Waals surface area contributed by atoms with Crippen LogP contribution in [0.25, 0.3) is 10.9 Å². The molecule has 1 aromatic carbocycles. The fraction of sp³-hybridized carbons (Fsp3) is 0.444. The lowest BCUT2D eigenvalue weighted by atomic mass is 9.87. The lowest BCUT2D eigenvalue weighted by molar-refractivity contribution is 0.304. The van der Waals surface area contributed by atoms with Crippen LogP contribution < -0.4 is 0 Å². The van der Waals surface area contributed by atoms with Crippen LogP contribution in [0.15, 0.2) is 35.0 Å². The van der Waals surface area contributed by atoms with Gasteiger partial charge in [0.2, 0.25) is 5.89 Å². The van der Waals surface area contributed by atoms with Gasteiger partial charge in [0.05, 0.1) is 0 Å². The fourth-order valence-corrected chi connectivity index (χ4v) is 3.53. The van der Waals surface area contributed by atoms with Gasteiger partial charge in [-0.1, -0.05) is 42.6 Å². The third-order valence-electron chi connectivity index (χ3n) is 4.72. The predicted octanol–water partition coefficient (Wildman–Crippen LogP) is 4.26. The first-order chi connectivity index (χ1) is 10.9. The van der Waals surface area contributed by atoms with Crippen molar-refractivity contribution in [1.82, 2.24) is 15.1 Å². The van der Waals surface area contributed by atoms with Gasteiger partial charge in [-0.3, -0.25) is 0 Å². The number of H-pyrrole nitrogens is 1. The van der Waals surface area contributed by atoms with Gasteiger partial charge in [0.1, 0.15) is 0 Å². The molecule has 1 saturated carbocycles. The molecule has 4 nitrogen and oxygen atoms in total. The largest absolute Gasteiger partial charge is 0.361 e. The second kappa shape index (κ2) is 5.95. The molecule has 22 heavy (non-hydrogen) atoms. The van der Waals surface area contributed by atoms with E-state index in [1.807, 2.05) is 12.3 Å². The number of aromatic amines is 1. The standard InChI is InChI=1S/C18H21N3O/c1-2-6-13(7-3-1)10-18-20-17(21-22-18)11-14-12-19-16-9-5-4-8-15(14)16/h4-5,8-9,12-13,19H,1-3,6-7,10-11H2. The Bertz CT molecular complexity index is 752. The molecule has 0 saturated heterocycles. The molecule has 0 spiro atoms. The molecule has 0 amide bonds. The van der Waals surface area contributed by atoms with Crippen molar-refractivity contribution in [1.29, 1.82) is 0 Å². The Morgan fingerprint density at radius 1 is 1.14 bits per heavy atom. The van der Waals surface area contributed by atoms with Gasteiger partial charge in [0.25, 0.3) is 0 Å². The van der Waals surface area contributed by atoms with E-state index in [1.165, 1.54) is 43.1 Å². The number of hydrogen-bond donors (Lipinski definition) is 1. The number of fused-ring (bicyclic) bond motifs is 1. The van der Waals surface area contributed by atoms with Crippen LogP contribution in [-0.2, 0) is 12.8 Å². The molecule has 1 aliphatic carbocycles. The zero-order chi connectivity index (χ0) is 14.8. The summed E-state index contributed by atoms with van der Waals surface area (Å²) in [5.41, 5.74) is 2.38. The first-order valence-electron chi connectivity index (χ1n) is 8.25. The Morgan fingerprint density at radius 2 is 2.00 bits per heavy atom. The summed E-state index contributed by atoms with van der Waals surface area (Å²) in [6.07, 6.45) is 10.4. The Hall–Kier alpha value is -2.10. The molecule has 114 valence electrons. The minimum absolute atomic E-state index is 0.720. The van der Waals surface area contributed by atoms with Gasteiger partial charge in [-0.15, -0.1) is 0 Å². The summed E-state index contributed by atoms with van der Waals surface area (Å²) < 4.78 is 5.46. The Balaban J connectivity index is 1.47. The summed E-state index contributed by atoms with van der Waals surface area (Å²) in [5.74, 6) is 2.33. The van der Waals surface area contributed by atoms with E-state index in [9.17, 15) is 0 Å². The third-order valence-corrected chi connectivity index (χ3v) is 4.72. The van der Waals surface area contributed by atoms with E-state index < -0.39 is 0 Å². The molecule has 0 unspecified atom stereocenters. The highest BCUT2D eigenvalue weighted by molar-refractivity contribution is 5.83. The summed E-state index contributed by atoms with van der Waals surface area (Å²) in [5, 5.41) is 5.40. The third kappa shape index (κ3) is 2.78. The first-order valence-corrected chi connectivity index (χ1v) is 8.25. The maximum atomic E-state index is 5.46. The second-order valence-electron chi connectivity index (χ2n) is 6.35. The monoisotopic (exact) mass is 295 g/mol. The highest BCUT2D eigenvalue weighted by Gasteiger charge is 2.18. The molecule has 0 atom stereocenters.